The summed E-state index contributed by atoms with van der Waals surface area (Å²) in [4.78, 5) is 0. The van der Waals surface area contributed by atoms with Crippen LogP contribution in [0, 0.1) is 0 Å². The average molecular weight is 189 g/mol. The molecule has 0 radical (unpaired) electrons. The van der Waals surface area contributed by atoms with Gasteiger partial charge in [0.2, 0.25) is 0 Å². The Kier molecular flexibility index (Phi) is 4.41. The molecule has 0 atom stereocenters. The summed E-state index contributed by atoms with van der Waals surface area (Å²) >= 11 is 0. The van der Waals surface area contributed by atoms with E-state index >= 15 is 0 Å². The molecule has 0 unspecified atom stereocenters. The second kappa shape index (κ2) is 5.61. The Hall–Kier alpha value is -1.08. The molecule has 0 bridgehead atoms. The maximum Gasteiger partial charge on any atom is 0.0147 e. The average Bonchev–Trinajstić information content (AvgIpc) is 2.18. The second-order valence-electron chi connectivity index (χ2n) is 3.70. The van der Waals surface area contributed by atoms with Crippen molar-refractivity contribution in [2.75, 3.05) is 6.54 Å². The van der Waals surface area contributed by atoms with Crippen LogP contribution in [0.5, 0.6) is 0 Å². The fraction of sp³-hybridized carbons (Fsp3) is 0.385. The highest BCUT2D eigenvalue weighted by Gasteiger charge is 2.09. The van der Waals surface area contributed by atoms with Crippen molar-refractivity contribution in [1.29, 1.82) is 0 Å². The SMILES string of the molecule is C=C1/C=C\C=C/C(=C)CC(NCC)C1. The minimum Gasteiger partial charge on any atom is -0.314 e. The van der Waals surface area contributed by atoms with E-state index in [4.69, 9.17) is 0 Å². The zero-order valence-corrected chi connectivity index (χ0v) is 8.92. The van der Waals surface area contributed by atoms with Crippen LogP contribution in [0.15, 0.2) is 48.6 Å². The van der Waals surface area contributed by atoms with Gasteiger partial charge in [0.05, 0.1) is 0 Å². The van der Waals surface area contributed by atoms with E-state index in [2.05, 4.69) is 37.6 Å². The van der Waals surface area contributed by atoms with Crippen LogP contribution in [0.4, 0.5) is 0 Å². The fourth-order valence-electron chi connectivity index (χ4n) is 1.66. The van der Waals surface area contributed by atoms with Crippen molar-refractivity contribution in [3.05, 3.63) is 48.6 Å². The lowest BCUT2D eigenvalue weighted by molar-refractivity contribution is 0.526. The second-order valence-corrected chi connectivity index (χ2v) is 3.70. The van der Waals surface area contributed by atoms with E-state index in [1.54, 1.807) is 0 Å². The highest BCUT2D eigenvalue weighted by molar-refractivity contribution is 5.27. The zero-order chi connectivity index (χ0) is 10.4. The molecule has 0 saturated carbocycles. The van der Waals surface area contributed by atoms with Crippen LogP contribution >= 0.6 is 0 Å². The predicted molar refractivity (Wildman–Crippen MR) is 63.3 cm³/mol. The van der Waals surface area contributed by atoms with Gasteiger partial charge in [0, 0.05) is 6.04 Å². The minimum absolute atomic E-state index is 0.479. The lowest BCUT2D eigenvalue weighted by atomic mass is 10.0. The monoisotopic (exact) mass is 189 g/mol. The van der Waals surface area contributed by atoms with Crippen molar-refractivity contribution >= 4 is 0 Å². The van der Waals surface area contributed by atoms with Crippen LogP contribution < -0.4 is 5.32 Å². The molecular formula is C13H19N. The number of hydrogen-bond donors (Lipinski definition) is 1. The molecule has 0 aliphatic heterocycles. The molecule has 1 rings (SSSR count). The highest BCUT2D eigenvalue weighted by atomic mass is 14.9. The number of nitrogens with one attached hydrogen (secondary N) is 1. The lowest BCUT2D eigenvalue weighted by Gasteiger charge is -2.17. The van der Waals surface area contributed by atoms with Crippen molar-refractivity contribution < 1.29 is 0 Å². The van der Waals surface area contributed by atoms with Crippen LogP contribution in [0.2, 0.25) is 0 Å². The predicted octanol–water partition coefficient (Wildman–Crippen LogP) is 2.98. The van der Waals surface area contributed by atoms with E-state index in [1.807, 2.05) is 12.2 Å². The summed E-state index contributed by atoms with van der Waals surface area (Å²) in [5.41, 5.74) is 2.35. The van der Waals surface area contributed by atoms with Crippen LogP contribution in [0.1, 0.15) is 19.8 Å². The standard InChI is InChI=1S/C13H19N/c1-4-14-13-9-11(2)7-5-6-8-12(3)10-13/h5-8,13-14H,2-4,9-10H2,1H3/b7-5-,8-6-. The maximum absolute atomic E-state index is 4.02. The third kappa shape index (κ3) is 3.75. The number of hydrogen-bond acceptors (Lipinski definition) is 1. The van der Waals surface area contributed by atoms with E-state index in [-0.39, 0.29) is 0 Å². The summed E-state index contributed by atoms with van der Waals surface area (Å²) in [5.74, 6) is 0. The molecule has 0 aromatic rings. The molecule has 0 aromatic heterocycles. The maximum atomic E-state index is 4.02. The molecule has 0 amide bonds. The molecular weight excluding hydrogens is 170 g/mol. The van der Waals surface area contributed by atoms with Crippen molar-refractivity contribution in [2.45, 2.75) is 25.8 Å². The Morgan fingerprint density at radius 3 is 2.14 bits per heavy atom. The van der Waals surface area contributed by atoms with Gasteiger partial charge in [0.25, 0.3) is 0 Å². The summed E-state index contributed by atoms with van der Waals surface area (Å²) in [6.45, 7) is 11.2. The normalized spacial score (nSPS) is 23.8. The first kappa shape index (κ1) is 11.0. The molecule has 1 N–H and O–H groups in total. The molecule has 0 heterocycles. The third-order valence-corrected chi connectivity index (χ3v) is 2.28. The molecule has 0 fully saturated rings. The minimum atomic E-state index is 0.479. The van der Waals surface area contributed by atoms with Gasteiger partial charge in [-0.1, -0.05) is 55.5 Å². The van der Waals surface area contributed by atoms with E-state index in [0.717, 1.165) is 19.4 Å². The van der Waals surface area contributed by atoms with E-state index in [0.29, 0.717) is 6.04 Å². The first-order valence-electron chi connectivity index (χ1n) is 5.16. The number of rotatable bonds is 2. The molecule has 0 spiro atoms. The molecule has 1 heteroatoms. The van der Waals surface area contributed by atoms with Gasteiger partial charge in [-0.15, -0.1) is 0 Å². The summed E-state index contributed by atoms with van der Waals surface area (Å²) < 4.78 is 0. The lowest BCUT2D eigenvalue weighted by Crippen LogP contribution is -2.29. The third-order valence-electron chi connectivity index (χ3n) is 2.28. The quantitative estimate of drug-likeness (QED) is 0.704. The molecule has 0 aromatic carbocycles. The molecule has 14 heavy (non-hydrogen) atoms. The first-order valence-corrected chi connectivity index (χ1v) is 5.16. The Morgan fingerprint density at radius 1 is 1.21 bits per heavy atom. The van der Waals surface area contributed by atoms with Gasteiger partial charge in [-0.2, -0.15) is 0 Å². The van der Waals surface area contributed by atoms with Gasteiger partial charge in [-0.05, 0) is 19.4 Å². The number of allylic oxidation sites excluding steroid dienone is 4. The zero-order valence-electron chi connectivity index (χ0n) is 8.92. The van der Waals surface area contributed by atoms with E-state index in [1.165, 1.54) is 11.1 Å². The smallest absolute Gasteiger partial charge is 0.0147 e. The van der Waals surface area contributed by atoms with Crippen LogP contribution in [0.3, 0.4) is 0 Å². The molecule has 1 aliphatic carbocycles. The van der Waals surface area contributed by atoms with Gasteiger partial charge in [0.15, 0.2) is 0 Å². The molecule has 1 aliphatic rings. The van der Waals surface area contributed by atoms with Crippen molar-refractivity contribution in [3.8, 4) is 0 Å². The highest BCUT2D eigenvalue weighted by Crippen LogP contribution is 2.15. The fourth-order valence-corrected chi connectivity index (χ4v) is 1.66. The Morgan fingerprint density at radius 2 is 1.71 bits per heavy atom. The van der Waals surface area contributed by atoms with Gasteiger partial charge >= 0.3 is 0 Å². The molecule has 1 nitrogen and oxygen atoms in total. The van der Waals surface area contributed by atoms with E-state index < -0.39 is 0 Å². The Labute approximate surface area is 86.9 Å². The Bertz CT molecular complexity index is 245. The van der Waals surface area contributed by atoms with Gasteiger partial charge < -0.3 is 5.32 Å². The van der Waals surface area contributed by atoms with Crippen LogP contribution in [0.25, 0.3) is 0 Å². The summed E-state index contributed by atoms with van der Waals surface area (Å²) in [7, 11) is 0. The summed E-state index contributed by atoms with van der Waals surface area (Å²) in [6, 6.07) is 0.479. The van der Waals surface area contributed by atoms with Crippen molar-refractivity contribution in [2.24, 2.45) is 0 Å². The van der Waals surface area contributed by atoms with Gasteiger partial charge in [0.1, 0.15) is 0 Å². The molecule has 76 valence electrons. The topological polar surface area (TPSA) is 12.0 Å². The molecule has 0 saturated heterocycles. The van der Waals surface area contributed by atoms with Gasteiger partial charge in [-0.3, -0.25) is 0 Å². The van der Waals surface area contributed by atoms with Crippen molar-refractivity contribution in [3.63, 3.8) is 0 Å². The Balaban J connectivity index is 2.67. The largest absolute Gasteiger partial charge is 0.314 e. The summed E-state index contributed by atoms with van der Waals surface area (Å²) in [6.07, 6.45) is 10.2. The van der Waals surface area contributed by atoms with Crippen molar-refractivity contribution in [1.82, 2.24) is 5.32 Å². The van der Waals surface area contributed by atoms with Gasteiger partial charge in [-0.25, -0.2) is 0 Å². The van der Waals surface area contributed by atoms with E-state index in [9.17, 15) is 0 Å². The first-order chi connectivity index (χ1) is 6.72. The van der Waals surface area contributed by atoms with Crippen LogP contribution in [-0.2, 0) is 0 Å². The van der Waals surface area contributed by atoms with Crippen LogP contribution in [-0.4, -0.2) is 12.6 Å². The summed E-state index contributed by atoms with van der Waals surface area (Å²) in [5, 5.41) is 3.45.